The van der Waals surface area contributed by atoms with E-state index in [0.29, 0.717) is 16.5 Å². The summed E-state index contributed by atoms with van der Waals surface area (Å²) in [5.74, 6) is 0.683. The van der Waals surface area contributed by atoms with E-state index in [0.717, 1.165) is 4.68 Å². The molecule has 0 aliphatic heterocycles. The second-order valence-electron chi connectivity index (χ2n) is 2.94. The lowest BCUT2D eigenvalue weighted by Gasteiger charge is -2.02. The van der Waals surface area contributed by atoms with Crippen molar-refractivity contribution in [3.63, 3.8) is 0 Å². The molecule has 74 valence electrons. The Morgan fingerprint density at radius 3 is 3.00 bits per heavy atom. The molecule has 15 heavy (non-hydrogen) atoms. The highest BCUT2D eigenvalue weighted by Gasteiger charge is 2.03. The van der Waals surface area contributed by atoms with Crippen molar-refractivity contribution in [2.24, 2.45) is 0 Å². The number of terminal acetylenes is 1. The number of fused-ring (bicyclic) bond motifs is 1. The van der Waals surface area contributed by atoms with E-state index in [1.54, 1.807) is 31.5 Å². The molecule has 0 fully saturated rings. The molecule has 4 heteroatoms. The van der Waals surface area contributed by atoms with Crippen LogP contribution in [0.25, 0.3) is 10.8 Å². The summed E-state index contributed by atoms with van der Waals surface area (Å²) in [6, 6.07) is 7.30. The minimum absolute atomic E-state index is 0.294. The predicted octanol–water partition coefficient (Wildman–Crippen LogP) is 0.844. The summed E-state index contributed by atoms with van der Waals surface area (Å²) in [4.78, 5) is 11.7. The molecular weight excluding hydrogens is 192 g/mol. The van der Waals surface area contributed by atoms with Gasteiger partial charge in [-0.1, -0.05) is 6.42 Å². The Balaban J connectivity index is 2.81. The van der Waals surface area contributed by atoms with Gasteiger partial charge in [0.05, 0.1) is 18.7 Å². The summed E-state index contributed by atoms with van der Waals surface area (Å²) in [5, 5.41) is 5.06. The molecule has 0 unspecified atom stereocenters. The van der Waals surface area contributed by atoms with Crippen LogP contribution in [0, 0.1) is 12.5 Å². The summed E-state index contributed by atoms with van der Waals surface area (Å²) in [7, 11) is 1.57. The van der Waals surface area contributed by atoms with Gasteiger partial charge in [0.2, 0.25) is 0 Å². The van der Waals surface area contributed by atoms with Gasteiger partial charge in [-0.25, -0.2) is 0 Å². The van der Waals surface area contributed by atoms with Crippen LogP contribution in [0.4, 0.5) is 0 Å². The van der Waals surface area contributed by atoms with Crippen LogP contribution in [0.2, 0.25) is 0 Å². The first-order valence-electron chi connectivity index (χ1n) is 4.29. The van der Waals surface area contributed by atoms with Gasteiger partial charge in [0, 0.05) is 11.4 Å². The molecule has 1 heterocycles. The fourth-order valence-electron chi connectivity index (χ4n) is 1.35. The smallest absolute Gasteiger partial charge is 0.286 e. The molecule has 0 radical (unpaired) electrons. The zero-order valence-corrected chi connectivity index (χ0v) is 8.10. The summed E-state index contributed by atoms with van der Waals surface area (Å²) in [6.07, 6.45) is 6.66. The standard InChI is InChI=1S/C11H8N2O2/c1-3-13-11(14)10-5-4-9(15-2)6-8(10)7-12-13/h1,4-7H,2H3. The van der Waals surface area contributed by atoms with Crippen LogP contribution in [-0.4, -0.2) is 16.9 Å². The molecule has 1 aromatic carbocycles. The minimum Gasteiger partial charge on any atom is -0.497 e. The summed E-state index contributed by atoms with van der Waals surface area (Å²) in [6.45, 7) is 0. The molecule has 0 saturated heterocycles. The highest BCUT2D eigenvalue weighted by Crippen LogP contribution is 2.16. The first kappa shape index (κ1) is 9.28. The molecule has 0 bridgehead atoms. The van der Waals surface area contributed by atoms with Gasteiger partial charge in [-0.05, 0) is 18.2 Å². The molecule has 4 nitrogen and oxygen atoms in total. The van der Waals surface area contributed by atoms with Gasteiger partial charge >= 0.3 is 0 Å². The molecule has 0 spiro atoms. The normalized spacial score (nSPS) is 9.87. The van der Waals surface area contributed by atoms with Gasteiger partial charge < -0.3 is 4.74 Å². The van der Waals surface area contributed by atoms with Crippen LogP contribution in [0.5, 0.6) is 5.75 Å². The van der Waals surface area contributed by atoms with Crippen molar-refractivity contribution in [1.29, 1.82) is 0 Å². The maximum absolute atomic E-state index is 11.7. The van der Waals surface area contributed by atoms with Crippen LogP contribution in [0.3, 0.4) is 0 Å². The lowest BCUT2D eigenvalue weighted by atomic mass is 10.2. The van der Waals surface area contributed by atoms with Gasteiger partial charge in [-0.3, -0.25) is 4.79 Å². The average molecular weight is 200 g/mol. The van der Waals surface area contributed by atoms with Gasteiger partial charge in [-0.2, -0.15) is 9.78 Å². The van der Waals surface area contributed by atoms with E-state index >= 15 is 0 Å². The van der Waals surface area contributed by atoms with E-state index in [4.69, 9.17) is 11.2 Å². The molecule has 0 saturated carbocycles. The van der Waals surface area contributed by atoms with E-state index in [1.807, 2.05) is 0 Å². The number of nitrogens with zero attached hydrogens (tertiary/aromatic N) is 2. The van der Waals surface area contributed by atoms with E-state index in [2.05, 4.69) is 11.1 Å². The van der Waals surface area contributed by atoms with Crippen molar-refractivity contribution in [3.05, 3.63) is 34.7 Å². The van der Waals surface area contributed by atoms with Gasteiger partial charge in [0.1, 0.15) is 5.75 Å². The number of hydrogen-bond donors (Lipinski definition) is 0. The molecule has 0 N–H and O–H groups in total. The average Bonchev–Trinajstić information content (AvgIpc) is 2.29. The second kappa shape index (κ2) is 3.46. The molecule has 0 amide bonds. The molecule has 0 atom stereocenters. The molecule has 2 rings (SSSR count). The third-order valence-corrected chi connectivity index (χ3v) is 2.12. The number of methoxy groups -OCH3 is 1. The first-order chi connectivity index (χ1) is 7.26. The third kappa shape index (κ3) is 1.44. The fraction of sp³-hybridized carbons (Fsp3) is 0.0909. The molecule has 0 aliphatic carbocycles. The topological polar surface area (TPSA) is 44.1 Å². The quantitative estimate of drug-likeness (QED) is 0.641. The number of benzene rings is 1. The van der Waals surface area contributed by atoms with Crippen LogP contribution in [-0.2, 0) is 0 Å². The lowest BCUT2D eigenvalue weighted by Crippen LogP contribution is -2.18. The Labute approximate surface area is 86.1 Å². The monoisotopic (exact) mass is 200 g/mol. The van der Waals surface area contributed by atoms with Crippen molar-refractivity contribution in [1.82, 2.24) is 9.78 Å². The Bertz CT molecular complexity index is 608. The predicted molar refractivity (Wildman–Crippen MR) is 56.8 cm³/mol. The Morgan fingerprint density at radius 1 is 1.53 bits per heavy atom. The molecule has 1 aromatic heterocycles. The van der Waals surface area contributed by atoms with Crippen LogP contribution in [0.1, 0.15) is 0 Å². The largest absolute Gasteiger partial charge is 0.497 e. The maximum Gasteiger partial charge on any atom is 0.286 e. The second-order valence-corrected chi connectivity index (χ2v) is 2.94. The Morgan fingerprint density at radius 2 is 2.33 bits per heavy atom. The Hall–Kier alpha value is -2.28. The number of ether oxygens (including phenoxy) is 1. The van der Waals surface area contributed by atoms with Crippen molar-refractivity contribution in [3.8, 4) is 18.2 Å². The number of rotatable bonds is 1. The minimum atomic E-state index is -0.294. The summed E-state index contributed by atoms with van der Waals surface area (Å²) >= 11 is 0. The van der Waals surface area contributed by atoms with Crippen LogP contribution in [0.15, 0.2) is 29.2 Å². The zero-order chi connectivity index (χ0) is 10.8. The van der Waals surface area contributed by atoms with E-state index < -0.39 is 0 Å². The van der Waals surface area contributed by atoms with Gasteiger partial charge in [-0.15, -0.1) is 0 Å². The van der Waals surface area contributed by atoms with Crippen molar-refractivity contribution >= 4 is 10.8 Å². The highest BCUT2D eigenvalue weighted by molar-refractivity contribution is 5.82. The van der Waals surface area contributed by atoms with E-state index in [1.165, 1.54) is 0 Å². The number of aromatic nitrogens is 2. The van der Waals surface area contributed by atoms with Gasteiger partial charge in [0.15, 0.2) is 0 Å². The van der Waals surface area contributed by atoms with Gasteiger partial charge in [0.25, 0.3) is 5.56 Å². The number of hydrogen-bond acceptors (Lipinski definition) is 3. The first-order valence-corrected chi connectivity index (χ1v) is 4.29. The Kier molecular flexibility index (Phi) is 2.14. The zero-order valence-electron chi connectivity index (χ0n) is 8.10. The van der Waals surface area contributed by atoms with Crippen LogP contribution < -0.4 is 10.3 Å². The van der Waals surface area contributed by atoms with Crippen LogP contribution >= 0.6 is 0 Å². The van der Waals surface area contributed by atoms with E-state index in [9.17, 15) is 4.79 Å². The van der Waals surface area contributed by atoms with E-state index in [-0.39, 0.29) is 5.56 Å². The van der Waals surface area contributed by atoms with Crippen molar-refractivity contribution in [2.45, 2.75) is 0 Å². The lowest BCUT2D eigenvalue weighted by molar-refractivity contribution is 0.415. The van der Waals surface area contributed by atoms with Crippen molar-refractivity contribution < 1.29 is 4.74 Å². The molecule has 0 aliphatic rings. The third-order valence-electron chi connectivity index (χ3n) is 2.12. The summed E-state index contributed by atoms with van der Waals surface area (Å²) < 4.78 is 6.01. The van der Waals surface area contributed by atoms with Crippen molar-refractivity contribution in [2.75, 3.05) is 7.11 Å². The SMILES string of the molecule is C#Cn1ncc2cc(OC)ccc2c1=O. The summed E-state index contributed by atoms with van der Waals surface area (Å²) in [5.41, 5.74) is -0.294. The fourth-order valence-corrected chi connectivity index (χ4v) is 1.35. The maximum atomic E-state index is 11.7. The highest BCUT2D eigenvalue weighted by atomic mass is 16.5. The molecular formula is C11H8N2O2. The molecule has 2 aromatic rings.